The van der Waals surface area contributed by atoms with Gasteiger partial charge in [-0.15, -0.1) is 0 Å². The van der Waals surface area contributed by atoms with Gasteiger partial charge < -0.3 is 15.3 Å². The second kappa shape index (κ2) is 4.69. The molecule has 0 saturated carbocycles. The maximum absolute atomic E-state index is 12.0. The average molecular weight is 295 g/mol. The topological polar surface area (TPSA) is 86.5 Å². The Balaban J connectivity index is 1.82. The molecule has 3 N–H and O–H groups in total. The molecule has 1 aliphatic rings. The quantitative estimate of drug-likeness (QED) is 0.643. The predicted octanol–water partition coefficient (Wildman–Crippen LogP) is 2.25. The molecule has 0 saturated heterocycles. The van der Waals surface area contributed by atoms with Crippen LogP contribution in [-0.4, -0.2) is 32.4 Å². The summed E-state index contributed by atoms with van der Waals surface area (Å²) in [6.45, 7) is 4.85. The lowest BCUT2D eigenvalue weighted by Crippen LogP contribution is -2.23. The smallest absolute Gasteiger partial charge is 0.271 e. The third-order valence-electron chi connectivity index (χ3n) is 4.20. The third kappa shape index (κ3) is 1.99. The van der Waals surface area contributed by atoms with Gasteiger partial charge in [0.05, 0.1) is 11.0 Å². The molecular formula is C16H17N5O. The molecule has 22 heavy (non-hydrogen) atoms. The van der Waals surface area contributed by atoms with Crippen molar-refractivity contribution in [3.8, 4) is 11.6 Å². The fraction of sp³-hybridized carbons (Fsp3) is 0.312. The number of rotatable bonds is 1. The fourth-order valence-electron chi connectivity index (χ4n) is 2.82. The Morgan fingerprint density at radius 1 is 1.05 bits per heavy atom. The van der Waals surface area contributed by atoms with Gasteiger partial charge >= 0.3 is 0 Å². The highest BCUT2D eigenvalue weighted by Crippen LogP contribution is 2.23. The summed E-state index contributed by atoms with van der Waals surface area (Å²) < 4.78 is 0. The Bertz CT molecular complexity index is 850. The number of benzene rings is 1. The molecule has 0 unspecified atom stereocenters. The first kappa shape index (κ1) is 13.1. The van der Waals surface area contributed by atoms with Crippen LogP contribution in [0.4, 0.5) is 0 Å². The second-order valence-corrected chi connectivity index (χ2v) is 5.81. The molecule has 6 heteroatoms. The van der Waals surface area contributed by atoms with Gasteiger partial charge in [0.1, 0.15) is 5.69 Å². The number of aromatic amines is 2. The van der Waals surface area contributed by atoms with Gasteiger partial charge in [-0.05, 0) is 49.9 Å². The highest BCUT2D eigenvalue weighted by Gasteiger charge is 2.21. The first-order chi connectivity index (χ1) is 10.6. The number of H-pyrrole nitrogens is 2. The van der Waals surface area contributed by atoms with Crippen LogP contribution in [0.2, 0.25) is 0 Å². The van der Waals surface area contributed by atoms with Crippen LogP contribution in [0.3, 0.4) is 0 Å². The molecule has 1 aromatic carbocycles. The number of hydrogen-bond acceptors (Lipinski definition) is 3. The van der Waals surface area contributed by atoms with E-state index in [1.54, 1.807) is 0 Å². The lowest BCUT2D eigenvalue weighted by molar-refractivity contribution is 0.0951. The number of nitrogens with one attached hydrogen (secondary N) is 3. The van der Waals surface area contributed by atoms with Crippen LogP contribution in [0, 0.1) is 13.8 Å². The van der Waals surface area contributed by atoms with Crippen LogP contribution in [0.15, 0.2) is 12.1 Å². The van der Waals surface area contributed by atoms with Gasteiger partial charge in [-0.3, -0.25) is 4.79 Å². The van der Waals surface area contributed by atoms with E-state index in [0.29, 0.717) is 23.9 Å². The van der Waals surface area contributed by atoms with E-state index in [0.717, 1.165) is 29.6 Å². The van der Waals surface area contributed by atoms with Gasteiger partial charge in [0.25, 0.3) is 5.91 Å². The summed E-state index contributed by atoms with van der Waals surface area (Å²) in [7, 11) is 0. The van der Waals surface area contributed by atoms with E-state index >= 15 is 0 Å². The van der Waals surface area contributed by atoms with Crippen LogP contribution >= 0.6 is 0 Å². The van der Waals surface area contributed by atoms with Crippen molar-refractivity contribution in [1.29, 1.82) is 0 Å². The zero-order chi connectivity index (χ0) is 15.3. The largest absolute Gasteiger partial charge is 0.351 e. The van der Waals surface area contributed by atoms with E-state index < -0.39 is 0 Å². The minimum atomic E-state index is -0.113. The summed E-state index contributed by atoms with van der Waals surface area (Å²) in [4.78, 5) is 27.6. The van der Waals surface area contributed by atoms with Gasteiger partial charge in [0.2, 0.25) is 0 Å². The number of carbonyl (C=O) groups excluding carboxylic acids is 1. The molecule has 3 aromatic rings. The number of aromatic nitrogens is 4. The van der Waals surface area contributed by atoms with E-state index in [4.69, 9.17) is 0 Å². The van der Waals surface area contributed by atoms with Gasteiger partial charge in [-0.25, -0.2) is 9.97 Å². The molecule has 112 valence electrons. The van der Waals surface area contributed by atoms with Crippen molar-refractivity contribution in [2.24, 2.45) is 0 Å². The maximum atomic E-state index is 12.0. The van der Waals surface area contributed by atoms with Crippen LogP contribution in [-0.2, 0) is 6.42 Å². The Labute approximate surface area is 127 Å². The first-order valence-corrected chi connectivity index (χ1v) is 7.46. The lowest BCUT2D eigenvalue weighted by atomic mass is 10.1. The molecule has 0 radical (unpaired) electrons. The van der Waals surface area contributed by atoms with Crippen LogP contribution in [0.1, 0.15) is 33.7 Å². The zero-order valence-corrected chi connectivity index (χ0v) is 12.6. The maximum Gasteiger partial charge on any atom is 0.271 e. The summed E-state index contributed by atoms with van der Waals surface area (Å²) >= 11 is 0. The van der Waals surface area contributed by atoms with Crippen molar-refractivity contribution in [1.82, 2.24) is 25.3 Å². The Kier molecular flexibility index (Phi) is 2.79. The highest BCUT2D eigenvalue weighted by atomic mass is 16.1. The minimum absolute atomic E-state index is 0.113. The number of fused-ring (bicyclic) bond motifs is 2. The third-order valence-corrected chi connectivity index (χ3v) is 4.20. The average Bonchev–Trinajstić information content (AvgIpc) is 3.04. The van der Waals surface area contributed by atoms with Crippen molar-refractivity contribution < 1.29 is 4.79 Å². The van der Waals surface area contributed by atoms with Crippen molar-refractivity contribution in [2.75, 3.05) is 6.54 Å². The highest BCUT2D eigenvalue weighted by molar-refractivity contribution is 5.94. The SMILES string of the molecule is Cc1cc2nc(-c3nc4c([nH]3)CCCNC4=O)[nH]c2cc1C. The van der Waals surface area contributed by atoms with Gasteiger partial charge in [-0.2, -0.15) is 0 Å². The number of amides is 1. The van der Waals surface area contributed by atoms with Gasteiger partial charge in [0, 0.05) is 12.2 Å². The predicted molar refractivity (Wildman–Crippen MR) is 83.8 cm³/mol. The lowest BCUT2D eigenvalue weighted by Gasteiger charge is -1.97. The first-order valence-electron chi connectivity index (χ1n) is 7.46. The molecular weight excluding hydrogens is 278 g/mol. The standard InChI is InChI=1S/C16H17N5O/c1-8-6-11-12(7-9(8)2)20-14(19-11)15-18-10-4-3-5-17-16(22)13(10)21-15/h6-7H,3-5H2,1-2H3,(H,17,22)(H,18,21)(H,19,20). The molecule has 4 rings (SSSR count). The number of nitrogens with zero attached hydrogens (tertiary/aromatic N) is 2. The van der Waals surface area contributed by atoms with E-state index in [2.05, 4.69) is 51.2 Å². The number of imidazole rings is 2. The molecule has 6 nitrogen and oxygen atoms in total. The number of hydrogen-bond donors (Lipinski definition) is 3. The van der Waals surface area contributed by atoms with E-state index in [9.17, 15) is 4.79 Å². The van der Waals surface area contributed by atoms with Crippen molar-refractivity contribution in [2.45, 2.75) is 26.7 Å². The summed E-state index contributed by atoms with van der Waals surface area (Å²) in [5, 5.41) is 2.85. The summed E-state index contributed by atoms with van der Waals surface area (Å²) in [5.41, 5.74) is 5.69. The monoisotopic (exact) mass is 295 g/mol. The zero-order valence-electron chi connectivity index (χ0n) is 12.6. The normalized spacial score (nSPS) is 14.7. The Hall–Kier alpha value is -2.63. The fourth-order valence-corrected chi connectivity index (χ4v) is 2.82. The number of aryl methyl sites for hydroxylation is 3. The second-order valence-electron chi connectivity index (χ2n) is 5.81. The molecule has 1 aliphatic heterocycles. The van der Waals surface area contributed by atoms with E-state index in [-0.39, 0.29) is 5.91 Å². The number of carbonyl (C=O) groups is 1. The van der Waals surface area contributed by atoms with Crippen molar-refractivity contribution in [3.05, 3.63) is 34.6 Å². The summed E-state index contributed by atoms with van der Waals surface area (Å²) in [6.07, 6.45) is 1.73. The molecule has 0 atom stereocenters. The molecule has 1 amide bonds. The molecule has 0 bridgehead atoms. The Morgan fingerprint density at radius 3 is 2.68 bits per heavy atom. The molecule has 0 aliphatic carbocycles. The van der Waals surface area contributed by atoms with E-state index in [1.165, 1.54) is 11.1 Å². The van der Waals surface area contributed by atoms with Crippen LogP contribution < -0.4 is 5.32 Å². The minimum Gasteiger partial charge on any atom is -0.351 e. The van der Waals surface area contributed by atoms with E-state index in [1.807, 2.05) is 0 Å². The van der Waals surface area contributed by atoms with Crippen LogP contribution in [0.25, 0.3) is 22.7 Å². The molecule has 2 aromatic heterocycles. The van der Waals surface area contributed by atoms with Crippen molar-refractivity contribution in [3.63, 3.8) is 0 Å². The van der Waals surface area contributed by atoms with Crippen LogP contribution in [0.5, 0.6) is 0 Å². The summed E-state index contributed by atoms with van der Waals surface area (Å²) in [6, 6.07) is 4.15. The molecule has 0 spiro atoms. The summed E-state index contributed by atoms with van der Waals surface area (Å²) in [5.74, 6) is 1.17. The van der Waals surface area contributed by atoms with Crippen molar-refractivity contribution >= 4 is 16.9 Å². The van der Waals surface area contributed by atoms with Gasteiger partial charge in [-0.1, -0.05) is 0 Å². The molecule has 0 fully saturated rings. The van der Waals surface area contributed by atoms with Gasteiger partial charge in [0.15, 0.2) is 11.6 Å². The Morgan fingerprint density at radius 2 is 1.82 bits per heavy atom. The molecule has 3 heterocycles.